The van der Waals surface area contributed by atoms with Gasteiger partial charge in [-0.05, 0) is 25.7 Å². The third kappa shape index (κ3) is 2.15. The lowest BCUT2D eigenvalue weighted by Crippen LogP contribution is -2.24. The van der Waals surface area contributed by atoms with Gasteiger partial charge in [0.05, 0.1) is 0 Å². The quantitative estimate of drug-likeness (QED) is 0.663. The Morgan fingerprint density at radius 2 is 2.00 bits per heavy atom. The average Bonchev–Trinajstić information content (AvgIpc) is 2.54. The normalized spacial score (nSPS) is 35.2. The van der Waals surface area contributed by atoms with E-state index in [2.05, 4.69) is 17.7 Å². The summed E-state index contributed by atoms with van der Waals surface area (Å²) in [7, 11) is 0. The molecule has 2 heteroatoms. The Morgan fingerprint density at radius 1 is 1.36 bits per heavy atom. The van der Waals surface area contributed by atoms with Crippen LogP contribution in [0.15, 0.2) is 0 Å². The standard InChI is InChI=1S/C12H16OS/c1-2-3-4-12(13)9-7-10-5-6-11(8-9)14-10/h1,9-11H,3-8H2. The molecule has 0 amide bonds. The van der Waals surface area contributed by atoms with Crippen molar-refractivity contribution in [2.75, 3.05) is 0 Å². The lowest BCUT2D eigenvalue weighted by atomic mass is 9.92. The van der Waals surface area contributed by atoms with E-state index in [1.807, 2.05) is 0 Å². The first-order valence-electron chi connectivity index (χ1n) is 5.41. The van der Waals surface area contributed by atoms with E-state index in [0.29, 0.717) is 24.5 Å². The van der Waals surface area contributed by atoms with Crippen molar-refractivity contribution in [1.29, 1.82) is 0 Å². The Labute approximate surface area is 90.0 Å². The smallest absolute Gasteiger partial charge is 0.137 e. The van der Waals surface area contributed by atoms with E-state index in [-0.39, 0.29) is 0 Å². The zero-order chi connectivity index (χ0) is 9.97. The summed E-state index contributed by atoms with van der Waals surface area (Å²) in [5, 5.41) is 1.54. The van der Waals surface area contributed by atoms with Crippen LogP contribution in [0.1, 0.15) is 38.5 Å². The molecule has 2 aliphatic heterocycles. The summed E-state index contributed by atoms with van der Waals surface area (Å²) in [6.07, 6.45) is 11.3. The van der Waals surface area contributed by atoms with E-state index in [1.54, 1.807) is 0 Å². The molecule has 2 saturated heterocycles. The maximum absolute atomic E-state index is 11.8. The summed E-state index contributed by atoms with van der Waals surface area (Å²) in [6.45, 7) is 0. The van der Waals surface area contributed by atoms with Gasteiger partial charge in [0.1, 0.15) is 5.78 Å². The molecule has 0 spiro atoms. The summed E-state index contributed by atoms with van der Waals surface area (Å²) in [6, 6.07) is 0. The molecule has 2 unspecified atom stereocenters. The molecule has 0 aromatic heterocycles. The van der Waals surface area contributed by atoms with Crippen molar-refractivity contribution in [1.82, 2.24) is 0 Å². The highest BCUT2D eigenvalue weighted by Crippen LogP contribution is 2.46. The van der Waals surface area contributed by atoms with E-state index in [0.717, 1.165) is 23.3 Å². The number of thioether (sulfide) groups is 1. The fraction of sp³-hybridized carbons (Fsp3) is 0.750. The Bertz CT molecular complexity index is 254. The molecule has 76 valence electrons. The van der Waals surface area contributed by atoms with Crippen molar-refractivity contribution < 1.29 is 4.79 Å². The van der Waals surface area contributed by atoms with Crippen LogP contribution in [0.4, 0.5) is 0 Å². The number of hydrogen-bond acceptors (Lipinski definition) is 2. The van der Waals surface area contributed by atoms with Crippen LogP contribution in [0.3, 0.4) is 0 Å². The number of Topliss-reactive ketones (excluding diaryl/α,β-unsaturated/α-hetero) is 1. The minimum absolute atomic E-state index is 0.335. The highest BCUT2D eigenvalue weighted by molar-refractivity contribution is 8.00. The molecule has 0 aromatic carbocycles. The van der Waals surface area contributed by atoms with Gasteiger partial charge in [0.25, 0.3) is 0 Å². The van der Waals surface area contributed by atoms with E-state index in [9.17, 15) is 4.79 Å². The Morgan fingerprint density at radius 3 is 2.57 bits per heavy atom. The second-order valence-electron chi connectivity index (χ2n) is 4.30. The van der Waals surface area contributed by atoms with Crippen molar-refractivity contribution in [3.8, 4) is 12.3 Å². The molecule has 2 heterocycles. The zero-order valence-electron chi connectivity index (χ0n) is 8.37. The van der Waals surface area contributed by atoms with Crippen molar-refractivity contribution in [2.45, 2.75) is 49.0 Å². The molecule has 2 rings (SSSR count). The minimum Gasteiger partial charge on any atom is -0.299 e. The highest BCUT2D eigenvalue weighted by atomic mass is 32.2. The molecule has 0 N–H and O–H groups in total. The van der Waals surface area contributed by atoms with Crippen LogP contribution in [0, 0.1) is 18.3 Å². The summed E-state index contributed by atoms with van der Waals surface area (Å²) in [5.41, 5.74) is 0. The SMILES string of the molecule is C#CCCC(=O)C1CC2CCC(C1)S2. The van der Waals surface area contributed by atoms with Crippen molar-refractivity contribution in [3.05, 3.63) is 0 Å². The summed E-state index contributed by atoms with van der Waals surface area (Å²) < 4.78 is 0. The topological polar surface area (TPSA) is 17.1 Å². The number of hydrogen-bond donors (Lipinski definition) is 0. The van der Waals surface area contributed by atoms with Crippen molar-refractivity contribution in [3.63, 3.8) is 0 Å². The zero-order valence-corrected chi connectivity index (χ0v) is 9.19. The van der Waals surface area contributed by atoms with E-state index in [4.69, 9.17) is 6.42 Å². The summed E-state index contributed by atoms with van der Waals surface area (Å²) in [5.74, 6) is 3.30. The number of carbonyl (C=O) groups is 1. The van der Waals surface area contributed by atoms with E-state index in [1.165, 1.54) is 12.8 Å². The maximum Gasteiger partial charge on any atom is 0.137 e. The fourth-order valence-corrected chi connectivity index (χ4v) is 4.30. The first kappa shape index (κ1) is 10.1. The second-order valence-corrected chi connectivity index (χ2v) is 5.90. The number of carbonyl (C=O) groups excluding carboxylic acids is 1. The molecule has 2 atom stereocenters. The van der Waals surface area contributed by atoms with Crippen LogP contribution in [0.25, 0.3) is 0 Å². The van der Waals surface area contributed by atoms with Crippen LogP contribution in [0.5, 0.6) is 0 Å². The third-order valence-electron chi connectivity index (χ3n) is 3.26. The van der Waals surface area contributed by atoms with Gasteiger partial charge in [0.2, 0.25) is 0 Å². The highest BCUT2D eigenvalue weighted by Gasteiger charge is 2.37. The Kier molecular flexibility index (Phi) is 3.18. The molecule has 2 fully saturated rings. The second kappa shape index (κ2) is 4.40. The van der Waals surface area contributed by atoms with Gasteiger partial charge in [-0.1, -0.05) is 0 Å². The van der Waals surface area contributed by atoms with Gasteiger partial charge in [-0.15, -0.1) is 12.3 Å². The number of fused-ring (bicyclic) bond motifs is 2. The molecule has 2 bridgehead atoms. The predicted octanol–water partition coefficient (Wildman–Crippen LogP) is 2.64. The van der Waals surface area contributed by atoms with Gasteiger partial charge in [-0.25, -0.2) is 0 Å². The van der Waals surface area contributed by atoms with Gasteiger partial charge >= 0.3 is 0 Å². The molecule has 0 aliphatic carbocycles. The average molecular weight is 208 g/mol. The number of ketones is 1. The molecule has 0 aromatic rings. The molecule has 2 aliphatic rings. The van der Waals surface area contributed by atoms with E-state index < -0.39 is 0 Å². The lowest BCUT2D eigenvalue weighted by Gasteiger charge is -2.26. The molecular weight excluding hydrogens is 192 g/mol. The first-order valence-corrected chi connectivity index (χ1v) is 6.35. The minimum atomic E-state index is 0.335. The molecular formula is C12H16OS. The summed E-state index contributed by atoms with van der Waals surface area (Å²) >= 11 is 2.10. The Balaban J connectivity index is 1.87. The maximum atomic E-state index is 11.8. The van der Waals surface area contributed by atoms with E-state index >= 15 is 0 Å². The predicted molar refractivity (Wildman–Crippen MR) is 60.2 cm³/mol. The van der Waals surface area contributed by atoms with Crippen LogP contribution < -0.4 is 0 Å². The van der Waals surface area contributed by atoms with Crippen LogP contribution in [-0.4, -0.2) is 16.3 Å². The molecule has 14 heavy (non-hydrogen) atoms. The van der Waals surface area contributed by atoms with Crippen LogP contribution in [0.2, 0.25) is 0 Å². The van der Waals surface area contributed by atoms with Crippen molar-refractivity contribution in [2.24, 2.45) is 5.92 Å². The van der Waals surface area contributed by atoms with Gasteiger partial charge in [0.15, 0.2) is 0 Å². The number of terminal acetylenes is 1. The monoisotopic (exact) mass is 208 g/mol. The van der Waals surface area contributed by atoms with Crippen molar-refractivity contribution >= 4 is 17.5 Å². The number of rotatable bonds is 3. The Hall–Kier alpha value is -0.420. The largest absolute Gasteiger partial charge is 0.299 e. The fourth-order valence-electron chi connectivity index (χ4n) is 2.52. The van der Waals surface area contributed by atoms with Crippen LogP contribution in [-0.2, 0) is 4.79 Å². The molecule has 1 nitrogen and oxygen atoms in total. The molecule has 0 radical (unpaired) electrons. The lowest BCUT2D eigenvalue weighted by molar-refractivity contribution is -0.123. The van der Waals surface area contributed by atoms with Gasteiger partial charge < -0.3 is 0 Å². The van der Waals surface area contributed by atoms with Gasteiger partial charge in [0, 0.05) is 29.3 Å². The van der Waals surface area contributed by atoms with Crippen LogP contribution >= 0.6 is 11.8 Å². The van der Waals surface area contributed by atoms with Gasteiger partial charge in [-0.3, -0.25) is 4.79 Å². The first-order chi connectivity index (χ1) is 6.79. The molecule has 0 saturated carbocycles. The summed E-state index contributed by atoms with van der Waals surface area (Å²) in [4.78, 5) is 11.8. The third-order valence-corrected chi connectivity index (χ3v) is 4.89. The van der Waals surface area contributed by atoms with Gasteiger partial charge in [-0.2, -0.15) is 11.8 Å².